The van der Waals surface area contributed by atoms with Crippen LogP contribution in [-0.4, -0.2) is 47.3 Å². The molecule has 3 atom stereocenters. The summed E-state index contributed by atoms with van der Waals surface area (Å²) < 4.78 is 0. The van der Waals surface area contributed by atoms with Crippen molar-refractivity contribution in [3.63, 3.8) is 0 Å². The number of nitrogens with zero attached hydrogens (tertiary/aromatic N) is 1. The van der Waals surface area contributed by atoms with Crippen molar-refractivity contribution in [2.24, 2.45) is 0 Å². The summed E-state index contributed by atoms with van der Waals surface area (Å²) in [6.45, 7) is 0.301. The number of piperazine rings is 1. The SMILES string of the molecule is O=C(N[C@H]1C[C@H]2C(=O)N[C@H](Cc3ccccc3)C(=O)N2C1)c1ccc(Cl)c(Cl)c1. The minimum atomic E-state index is -0.592. The Morgan fingerprint density at radius 1 is 1.10 bits per heavy atom. The number of nitrogens with one attached hydrogen (secondary N) is 2. The van der Waals surface area contributed by atoms with Gasteiger partial charge in [0.15, 0.2) is 0 Å². The molecule has 2 N–H and O–H groups in total. The molecule has 29 heavy (non-hydrogen) atoms. The lowest BCUT2D eigenvalue weighted by Gasteiger charge is -2.34. The second kappa shape index (κ2) is 8.05. The monoisotopic (exact) mass is 431 g/mol. The molecule has 6 nitrogen and oxygen atoms in total. The average Bonchev–Trinajstić information content (AvgIpc) is 3.13. The number of carbonyl (C=O) groups excluding carboxylic acids is 3. The lowest BCUT2D eigenvalue weighted by atomic mass is 10.0. The lowest BCUT2D eigenvalue weighted by Crippen LogP contribution is -2.61. The normalized spacial score (nSPS) is 23.5. The quantitative estimate of drug-likeness (QED) is 0.779. The zero-order chi connectivity index (χ0) is 20.5. The van der Waals surface area contributed by atoms with E-state index < -0.39 is 12.1 Å². The highest BCUT2D eigenvalue weighted by molar-refractivity contribution is 6.42. The molecule has 0 saturated carbocycles. The Hall–Kier alpha value is -2.57. The molecule has 0 aliphatic carbocycles. The van der Waals surface area contributed by atoms with E-state index in [0.717, 1.165) is 5.56 Å². The third-order valence-corrected chi connectivity index (χ3v) is 6.04. The van der Waals surface area contributed by atoms with Crippen LogP contribution in [0.4, 0.5) is 0 Å². The number of hydrogen-bond donors (Lipinski definition) is 2. The predicted molar refractivity (Wildman–Crippen MR) is 110 cm³/mol. The Labute approximate surface area is 178 Å². The van der Waals surface area contributed by atoms with Gasteiger partial charge in [-0.3, -0.25) is 14.4 Å². The number of rotatable bonds is 4. The number of benzene rings is 2. The number of amides is 3. The second-order valence-electron chi connectivity index (χ2n) is 7.29. The molecule has 2 fully saturated rings. The van der Waals surface area contributed by atoms with Crippen molar-refractivity contribution in [3.8, 4) is 0 Å². The Morgan fingerprint density at radius 3 is 2.59 bits per heavy atom. The molecule has 150 valence electrons. The average molecular weight is 432 g/mol. The van der Waals surface area contributed by atoms with Gasteiger partial charge in [0, 0.05) is 24.6 Å². The van der Waals surface area contributed by atoms with Crippen molar-refractivity contribution in [3.05, 3.63) is 69.7 Å². The molecule has 2 aromatic rings. The van der Waals surface area contributed by atoms with E-state index in [4.69, 9.17) is 23.2 Å². The maximum absolute atomic E-state index is 12.9. The number of fused-ring (bicyclic) bond motifs is 1. The zero-order valence-electron chi connectivity index (χ0n) is 15.4. The fraction of sp³-hybridized carbons (Fsp3) is 0.286. The van der Waals surface area contributed by atoms with Crippen LogP contribution in [0.25, 0.3) is 0 Å². The van der Waals surface area contributed by atoms with E-state index in [2.05, 4.69) is 10.6 Å². The summed E-state index contributed by atoms with van der Waals surface area (Å²) in [6, 6.07) is 12.7. The summed E-state index contributed by atoms with van der Waals surface area (Å²) in [5.41, 5.74) is 1.36. The van der Waals surface area contributed by atoms with Crippen molar-refractivity contribution in [1.29, 1.82) is 0 Å². The third-order valence-electron chi connectivity index (χ3n) is 5.30. The molecule has 0 aromatic heterocycles. The molecule has 0 unspecified atom stereocenters. The van der Waals surface area contributed by atoms with E-state index in [0.29, 0.717) is 35.0 Å². The first-order valence-electron chi connectivity index (χ1n) is 9.33. The fourth-order valence-electron chi connectivity index (χ4n) is 3.86. The number of carbonyl (C=O) groups is 3. The molecular formula is C21H19Cl2N3O3. The van der Waals surface area contributed by atoms with Gasteiger partial charge in [-0.15, -0.1) is 0 Å². The fourth-order valence-corrected chi connectivity index (χ4v) is 4.15. The smallest absolute Gasteiger partial charge is 0.251 e. The highest BCUT2D eigenvalue weighted by Gasteiger charge is 2.46. The molecule has 2 aliphatic rings. The molecule has 2 heterocycles. The van der Waals surface area contributed by atoms with Crippen LogP contribution in [0.2, 0.25) is 10.0 Å². The van der Waals surface area contributed by atoms with Gasteiger partial charge in [-0.2, -0.15) is 0 Å². The summed E-state index contributed by atoms with van der Waals surface area (Å²) >= 11 is 11.9. The maximum atomic E-state index is 12.9. The molecule has 2 saturated heterocycles. The van der Waals surface area contributed by atoms with E-state index in [9.17, 15) is 14.4 Å². The van der Waals surface area contributed by atoms with Gasteiger partial charge >= 0.3 is 0 Å². The van der Waals surface area contributed by atoms with Crippen molar-refractivity contribution >= 4 is 40.9 Å². The van der Waals surface area contributed by atoms with Gasteiger partial charge < -0.3 is 15.5 Å². The Bertz CT molecular complexity index is 967. The summed E-state index contributed by atoms with van der Waals surface area (Å²) in [7, 11) is 0. The molecule has 2 aliphatic heterocycles. The van der Waals surface area contributed by atoms with Crippen LogP contribution in [0, 0.1) is 0 Å². The molecule has 8 heteroatoms. The van der Waals surface area contributed by atoms with Crippen LogP contribution in [0.15, 0.2) is 48.5 Å². The third kappa shape index (κ3) is 4.09. The highest BCUT2D eigenvalue weighted by Crippen LogP contribution is 2.25. The molecule has 4 rings (SSSR count). The topological polar surface area (TPSA) is 78.5 Å². The summed E-state index contributed by atoms with van der Waals surface area (Å²) in [4.78, 5) is 39.6. The van der Waals surface area contributed by atoms with E-state index in [1.165, 1.54) is 6.07 Å². The minimum absolute atomic E-state index is 0.121. The second-order valence-corrected chi connectivity index (χ2v) is 8.11. The summed E-state index contributed by atoms with van der Waals surface area (Å²) in [6.07, 6.45) is 0.817. The van der Waals surface area contributed by atoms with Gasteiger partial charge in [0.25, 0.3) is 5.91 Å². The first-order valence-corrected chi connectivity index (χ1v) is 10.1. The summed E-state index contributed by atoms with van der Waals surface area (Å²) in [5, 5.41) is 6.38. The van der Waals surface area contributed by atoms with E-state index >= 15 is 0 Å². The van der Waals surface area contributed by atoms with Crippen molar-refractivity contribution in [2.45, 2.75) is 31.0 Å². The highest BCUT2D eigenvalue weighted by atomic mass is 35.5. The Balaban J connectivity index is 1.43. The van der Waals surface area contributed by atoms with Crippen molar-refractivity contribution in [2.75, 3.05) is 6.54 Å². The molecular weight excluding hydrogens is 413 g/mol. The van der Waals surface area contributed by atoms with E-state index in [-0.39, 0.29) is 23.8 Å². The van der Waals surface area contributed by atoms with Crippen LogP contribution in [0.5, 0.6) is 0 Å². The largest absolute Gasteiger partial charge is 0.347 e. The Morgan fingerprint density at radius 2 is 1.86 bits per heavy atom. The summed E-state index contributed by atoms with van der Waals surface area (Å²) in [5.74, 6) is -0.622. The van der Waals surface area contributed by atoms with Crippen LogP contribution >= 0.6 is 23.2 Å². The van der Waals surface area contributed by atoms with E-state index in [1.54, 1.807) is 17.0 Å². The molecule has 0 radical (unpaired) electrons. The van der Waals surface area contributed by atoms with E-state index in [1.807, 2.05) is 30.3 Å². The van der Waals surface area contributed by atoms with Gasteiger partial charge in [-0.25, -0.2) is 0 Å². The van der Waals surface area contributed by atoms with Crippen LogP contribution < -0.4 is 10.6 Å². The first kappa shape index (κ1) is 19.7. The molecule has 0 bridgehead atoms. The minimum Gasteiger partial charge on any atom is -0.347 e. The van der Waals surface area contributed by atoms with Gasteiger partial charge in [-0.05, 0) is 30.2 Å². The zero-order valence-corrected chi connectivity index (χ0v) is 16.9. The lowest BCUT2D eigenvalue weighted by molar-refractivity contribution is -0.147. The molecule has 2 aromatic carbocycles. The Kier molecular flexibility index (Phi) is 5.48. The van der Waals surface area contributed by atoms with Gasteiger partial charge in [0.2, 0.25) is 11.8 Å². The van der Waals surface area contributed by atoms with Crippen LogP contribution in [0.1, 0.15) is 22.3 Å². The number of halogens is 2. The van der Waals surface area contributed by atoms with Gasteiger partial charge in [-0.1, -0.05) is 53.5 Å². The first-order chi connectivity index (χ1) is 13.9. The molecule has 3 amide bonds. The maximum Gasteiger partial charge on any atom is 0.251 e. The molecule has 0 spiro atoms. The van der Waals surface area contributed by atoms with Crippen LogP contribution in [-0.2, 0) is 16.0 Å². The predicted octanol–water partition coefficient (Wildman–Crippen LogP) is 2.43. The number of hydrogen-bond acceptors (Lipinski definition) is 3. The van der Waals surface area contributed by atoms with Crippen LogP contribution in [0.3, 0.4) is 0 Å². The van der Waals surface area contributed by atoms with Gasteiger partial charge in [0.1, 0.15) is 12.1 Å². The van der Waals surface area contributed by atoms with Gasteiger partial charge in [0.05, 0.1) is 10.0 Å². The standard InChI is InChI=1S/C21H19Cl2N3O3/c22-15-7-6-13(9-16(15)23)19(27)24-14-10-18-20(28)25-17(21(29)26(18)11-14)8-12-4-2-1-3-5-12/h1-7,9,14,17-18H,8,10-11H2,(H,24,27)(H,25,28)/t14-,17+,18-/m0/s1. The van der Waals surface area contributed by atoms with Crippen molar-refractivity contribution in [1.82, 2.24) is 15.5 Å². The van der Waals surface area contributed by atoms with Crippen molar-refractivity contribution < 1.29 is 14.4 Å².